The minimum Gasteiger partial charge on any atom is -0.397 e. The van der Waals surface area contributed by atoms with Crippen molar-refractivity contribution in [3.63, 3.8) is 0 Å². The number of rotatable bonds is 3. The van der Waals surface area contributed by atoms with Crippen molar-refractivity contribution in [1.29, 1.82) is 0 Å². The van der Waals surface area contributed by atoms with Crippen molar-refractivity contribution in [3.05, 3.63) is 10.9 Å². The molecule has 2 N–H and O–H groups in total. The lowest BCUT2D eigenvalue weighted by atomic mass is 9.85. The summed E-state index contributed by atoms with van der Waals surface area (Å²) in [4.78, 5) is 14.9. The molecule has 4 heteroatoms. The third-order valence-corrected chi connectivity index (χ3v) is 5.23. The van der Waals surface area contributed by atoms with Gasteiger partial charge in [0.25, 0.3) is 0 Å². The fourth-order valence-corrected chi connectivity index (χ4v) is 3.71. The molecule has 1 aliphatic rings. The third-order valence-electron chi connectivity index (χ3n) is 3.97. The van der Waals surface area contributed by atoms with Gasteiger partial charge in [0.1, 0.15) is 0 Å². The average molecular weight is 280 g/mol. The summed E-state index contributed by atoms with van der Waals surface area (Å²) >= 11 is 1.56. The normalized spacial score (nSPS) is 19.2. The van der Waals surface area contributed by atoms with Gasteiger partial charge in [0.15, 0.2) is 5.78 Å². The molecule has 1 aromatic rings. The predicted octanol–water partition coefficient (Wildman–Crippen LogP) is 3.94. The summed E-state index contributed by atoms with van der Waals surface area (Å²) in [5.74, 6) is 0.156. The Morgan fingerprint density at radius 2 is 2.16 bits per heavy atom. The molecular weight excluding hydrogens is 256 g/mol. The van der Waals surface area contributed by atoms with E-state index in [0.717, 1.165) is 23.0 Å². The largest absolute Gasteiger partial charge is 0.397 e. The van der Waals surface area contributed by atoms with Crippen LogP contribution in [0, 0.1) is 5.41 Å². The van der Waals surface area contributed by atoms with Gasteiger partial charge in [-0.1, -0.05) is 20.8 Å². The molecule has 1 fully saturated rings. The fraction of sp³-hybridized carbons (Fsp3) is 0.667. The molecular formula is C15H24N2OS. The van der Waals surface area contributed by atoms with Gasteiger partial charge in [-0.05, 0) is 30.7 Å². The highest BCUT2D eigenvalue weighted by Gasteiger charge is 2.24. The SMILES string of the molecule is CCC(=O)c1sc(N2CCCC(C)(C)CC2)cc1N. The number of thiophene rings is 1. The number of hydrogen-bond acceptors (Lipinski definition) is 4. The van der Waals surface area contributed by atoms with Crippen LogP contribution in [0.3, 0.4) is 0 Å². The van der Waals surface area contributed by atoms with Crippen LogP contribution in [0.5, 0.6) is 0 Å². The Hall–Kier alpha value is -1.03. The summed E-state index contributed by atoms with van der Waals surface area (Å²) < 4.78 is 0. The van der Waals surface area contributed by atoms with E-state index in [4.69, 9.17) is 5.73 Å². The standard InChI is InChI=1S/C15H24N2OS/c1-4-12(18)14-11(16)10-13(19-14)17-8-5-6-15(2,3)7-9-17/h10H,4-9,16H2,1-3H3. The first-order valence-electron chi connectivity index (χ1n) is 7.10. The molecule has 3 nitrogen and oxygen atoms in total. The van der Waals surface area contributed by atoms with Crippen LogP contribution in [0.2, 0.25) is 0 Å². The topological polar surface area (TPSA) is 46.3 Å². The molecule has 2 heterocycles. The van der Waals surface area contributed by atoms with E-state index in [0.29, 0.717) is 17.5 Å². The molecule has 0 saturated carbocycles. The number of hydrogen-bond donors (Lipinski definition) is 1. The van der Waals surface area contributed by atoms with Crippen molar-refractivity contribution in [1.82, 2.24) is 0 Å². The Bertz CT molecular complexity index is 465. The second kappa shape index (κ2) is 5.53. The molecule has 2 rings (SSSR count). The smallest absolute Gasteiger partial charge is 0.174 e. The van der Waals surface area contributed by atoms with Crippen LogP contribution in [-0.2, 0) is 0 Å². The zero-order valence-electron chi connectivity index (χ0n) is 12.2. The summed E-state index contributed by atoms with van der Waals surface area (Å²) in [7, 11) is 0. The summed E-state index contributed by atoms with van der Waals surface area (Å²) in [5.41, 5.74) is 7.06. The number of nitrogens with two attached hydrogens (primary N) is 1. The number of carbonyl (C=O) groups is 1. The first-order chi connectivity index (χ1) is 8.93. The molecule has 1 aromatic heterocycles. The number of anilines is 2. The molecule has 0 spiro atoms. The summed E-state index contributed by atoms with van der Waals surface area (Å²) in [6.07, 6.45) is 4.20. The average Bonchev–Trinajstić information content (AvgIpc) is 2.64. The van der Waals surface area contributed by atoms with Gasteiger partial charge in [0.05, 0.1) is 15.6 Å². The molecule has 1 saturated heterocycles. The van der Waals surface area contributed by atoms with E-state index >= 15 is 0 Å². The lowest BCUT2D eigenvalue weighted by molar-refractivity contribution is 0.0993. The molecule has 0 bridgehead atoms. The lowest BCUT2D eigenvalue weighted by Gasteiger charge is -2.23. The second-order valence-electron chi connectivity index (χ2n) is 6.15. The third kappa shape index (κ3) is 3.30. The van der Waals surface area contributed by atoms with Crippen molar-refractivity contribution < 1.29 is 4.79 Å². The fourth-order valence-electron chi connectivity index (χ4n) is 2.57. The van der Waals surface area contributed by atoms with Crippen molar-refractivity contribution in [3.8, 4) is 0 Å². The van der Waals surface area contributed by atoms with E-state index in [9.17, 15) is 4.79 Å². The monoisotopic (exact) mass is 280 g/mol. The van der Waals surface area contributed by atoms with Crippen molar-refractivity contribution in [2.45, 2.75) is 46.5 Å². The molecule has 0 unspecified atom stereocenters. The van der Waals surface area contributed by atoms with E-state index < -0.39 is 0 Å². The van der Waals surface area contributed by atoms with Crippen molar-refractivity contribution in [2.24, 2.45) is 5.41 Å². The number of carbonyl (C=O) groups excluding carboxylic acids is 1. The maximum absolute atomic E-state index is 11.8. The first-order valence-corrected chi connectivity index (χ1v) is 7.92. The molecule has 0 aromatic carbocycles. The molecule has 0 radical (unpaired) electrons. The van der Waals surface area contributed by atoms with Gasteiger partial charge in [0.2, 0.25) is 0 Å². The Balaban J connectivity index is 2.16. The minimum absolute atomic E-state index is 0.156. The lowest BCUT2D eigenvalue weighted by Crippen LogP contribution is -2.24. The highest BCUT2D eigenvalue weighted by atomic mass is 32.1. The maximum atomic E-state index is 11.8. The van der Waals surface area contributed by atoms with E-state index in [-0.39, 0.29) is 5.78 Å². The van der Waals surface area contributed by atoms with Gasteiger partial charge >= 0.3 is 0 Å². The van der Waals surface area contributed by atoms with Gasteiger partial charge in [-0.15, -0.1) is 11.3 Å². The summed E-state index contributed by atoms with van der Waals surface area (Å²) in [5, 5.41) is 1.16. The minimum atomic E-state index is 0.156. The van der Waals surface area contributed by atoms with Crippen LogP contribution in [0.25, 0.3) is 0 Å². The van der Waals surface area contributed by atoms with Gasteiger partial charge in [-0.2, -0.15) is 0 Å². The Kier molecular flexibility index (Phi) is 4.19. The Morgan fingerprint density at radius 3 is 2.84 bits per heavy atom. The zero-order valence-corrected chi connectivity index (χ0v) is 13.0. The van der Waals surface area contributed by atoms with Gasteiger partial charge in [-0.25, -0.2) is 0 Å². The van der Waals surface area contributed by atoms with E-state index in [1.807, 2.05) is 13.0 Å². The molecule has 0 aliphatic carbocycles. The van der Waals surface area contributed by atoms with Crippen LogP contribution in [0.15, 0.2) is 6.07 Å². The number of nitrogen functional groups attached to an aromatic ring is 1. The number of nitrogens with zero attached hydrogens (tertiary/aromatic N) is 1. The van der Waals surface area contributed by atoms with Crippen molar-refractivity contribution >= 4 is 27.8 Å². The highest BCUT2D eigenvalue weighted by molar-refractivity contribution is 7.18. The molecule has 1 aliphatic heterocycles. The molecule has 19 heavy (non-hydrogen) atoms. The van der Waals surface area contributed by atoms with Crippen LogP contribution in [0.1, 0.15) is 56.1 Å². The summed E-state index contributed by atoms with van der Waals surface area (Å²) in [6, 6.07) is 1.98. The number of Topliss-reactive ketones (excluding diaryl/α,β-unsaturated/α-hetero) is 1. The molecule has 106 valence electrons. The zero-order chi connectivity index (χ0) is 14.0. The van der Waals surface area contributed by atoms with Crippen LogP contribution < -0.4 is 10.6 Å². The van der Waals surface area contributed by atoms with Crippen LogP contribution in [-0.4, -0.2) is 18.9 Å². The van der Waals surface area contributed by atoms with Crippen LogP contribution >= 0.6 is 11.3 Å². The second-order valence-corrected chi connectivity index (χ2v) is 7.18. The van der Waals surface area contributed by atoms with Gasteiger partial charge < -0.3 is 10.6 Å². The predicted molar refractivity (Wildman–Crippen MR) is 83.2 cm³/mol. The van der Waals surface area contributed by atoms with Crippen molar-refractivity contribution in [2.75, 3.05) is 23.7 Å². The van der Waals surface area contributed by atoms with Gasteiger partial charge in [-0.3, -0.25) is 4.79 Å². The Labute approximate surface area is 119 Å². The maximum Gasteiger partial charge on any atom is 0.174 e. The van der Waals surface area contributed by atoms with E-state index in [1.165, 1.54) is 19.3 Å². The first kappa shape index (κ1) is 14.4. The van der Waals surface area contributed by atoms with E-state index in [2.05, 4.69) is 18.7 Å². The Morgan fingerprint density at radius 1 is 1.42 bits per heavy atom. The number of ketones is 1. The highest BCUT2D eigenvalue weighted by Crippen LogP contribution is 2.37. The van der Waals surface area contributed by atoms with Gasteiger partial charge in [0, 0.05) is 19.5 Å². The molecule has 0 amide bonds. The summed E-state index contributed by atoms with van der Waals surface area (Å²) in [6.45, 7) is 8.70. The molecule has 0 atom stereocenters. The quantitative estimate of drug-likeness (QED) is 0.853. The van der Waals surface area contributed by atoms with E-state index in [1.54, 1.807) is 11.3 Å². The van der Waals surface area contributed by atoms with Crippen LogP contribution in [0.4, 0.5) is 10.7 Å².